The maximum absolute atomic E-state index is 13.3. The molecule has 4 nitrogen and oxygen atoms in total. The van der Waals surface area contributed by atoms with Gasteiger partial charge in [-0.3, -0.25) is 4.79 Å². The van der Waals surface area contributed by atoms with E-state index in [-0.39, 0.29) is 5.91 Å². The van der Waals surface area contributed by atoms with Gasteiger partial charge >= 0.3 is 0 Å². The molecule has 1 aromatic rings. The summed E-state index contributed by atoms with van der Waals surface area (Å²) in [6, 6.07) is 7.72. The SMILES string of the molecule is NCC1CCN(C(=O)C2(c3ccccc3Cl)CCOCC2)C1. The van der Waals surface area contributed by atoms with Crippen LogP contribution in [0.5, 0.6) is 0 Å². The Kier molecular flexibility index (Phi) is 4.71. The first-order valence-corrected chi connectivity index (χ1v) is 8.37. The summed E-state index contributed by atoms with van der Waals surface area (Å²) in [5.74, 6) is 0.618. The van der Waals surface area contributed by atoms with E-state index in [0.29, 0.717) is 43.5 Å². The fraction of sp³-hybridized carbons (Fsp3) is 0.588. The largest absolute Gasteiger partial charge is 0.381 e. The standard InChI is InChI=1S/C17H23ClN2O2/c18-15-4-2-1-3-14(15)17(6-9-22-10-7-17)16(21)20-8-5-13(11-19)12-20/h1-4,13H,5-12,19H2. The van der Waals surface area contributed by atoms with Gasteiger partial charge < -0.3 is 15.4 Å². The zero-order valence-corrected chi connectivity index (χ0v) is 13.5. The molecule has 2 aliphatic rings. The molecule has 2 N–H and O–H groups in total. The quantitative estimate of drug-likeness (QED) is 0.928. The van der Waals surface area contributed by atoms with Crippen molar-refractivity contribution in [3.05, 3.63) is 34.9 Å². The summed E-state index contributed by atoms with van der Waals surface area (Å²) in [5.41, 5.74) is 6.17. The average Bonchev–Trinajstić information content (AvgIpc) is 3.04. The van der Waals surface area contributed by atoms with Crippen molar-refractivity contribution in [3.63, 3.8) is 0 Å². The van der Waals surface area contributed by atoms with Gasteiger partial charge in [-0.2, -0.15) is 0 Å². The topological polar surface area (TPSA) is 55.6 Å². The molecule has 2 saturated heterocycles. The van der Waals surface area contributed by atoms with Crippen molar-refractivity contribution in [3.8, 4) is 0 Å². The minimum absolute atomic E-state index is 0.194. The molecule has 2 fully saturated rings. The van der Waals surface area contributed by atoms with Gasteiger partial charge in [0.2, 0.25) is 5.91 Å². The number of nitrogens with two attached hydrogens (primary N) is 1. The maximum atomic E-state index is 13.3. The van der Waals surface area contributed by atoms with Crippen molar-refractivity contribution >= 4 is 17.5 Å². The average molecular weight is 323 g/mol. The highest BCUT2D eigenvalue weighted by Gasteiger charge is 2.46. The van der Waals surface area contributed by atoms with Crippen molar-refractivity contribution in [2.75, 3.05) is 32.8 Å². The summed E-state index contributed by atoms with van der Waals surface area (Å²) in [4.78, 5) is 15.3. The molecule has 1 aromatic carbocycles. The second-order valence-electron chi connectivity index (χ2n) is 6.32. The molecule has 1 unspecified atom stereocenters. The zero-order chi connectivity index (χ0) is 15.6. The van der Waals surface area contributed by atoms with Gasteiger partial charge in [-0.05, 0) is 43.4 Å². The Morgan fingerprint density at radius 3 is 2.73 bits per heavy atom. The molecule has 3 rings (SSSR count). The number of hydrogen-bond acceptors (Lipinski definition) is 3. The highest BCUT2D eigenvalue weighted by Crippen LogP contribution is 2.41. The molecule has 1 atom stereocenters. The Labute approximate surface area is 136 Å². The number of hydrogen-bond donors (Lipinski definition) is 1. The number of benzene rings is 1. The smallest absolute Gasteiger partial charge is 0.233 e. The van der Waals surface area contributed by atoms with Crippen LogP contribution in [0.15, 0.2) is 24.3 Å². The first-order valence-electron chi connectivity index (χ1n) is 7.99. The van der Waals surface area contributed by atoms with Gasteiger partial charge in [0.05, 0.1) is 5.41 Å². The number of nitrogens with zero attached hydrogens (tertiary/aromatic N) is 1. The van der Waals surface area contributed by atoms with E-state index < -0.39 is 5.41 Å². The number of halogens is 1. The van der Waals surface area contributed by atoms with Crippen molar-refractivity contribution in [1.82, 2.24) is 4.90 Å². The fourth-order valence-electron chi connectivity index (χ4n) is 3.68. The lowest BCUT2D eigenvalue weighted by atomic mass is 9.73. The van der Waals surface area contributed by atoms with Gasteiger partial charge in [-0.15, -0.1) is 0 Å². The van der Waals surface area contributed by atoms with Crippen LogP contribution in [0, 0.1) is 5.92 Å². The summed E-state index contributed by atoms with van der Waals surface area (Å²) in [6.45, 7) is 3.42. The number of likely N-dealkylation sites (tertiary alicyclic amines) is 1. The lowest BCUT2D eigenvalue weighted by Crippen LogP contribution is -2.49. The van der Waals surface area contributed by atoms with E-state index in [2.05, 4.69) is 0 Å². The van der Waals surface area contributed by atoms with E-state index in [0.717, 1.165) is 25.1 Å². The van der Waals surface area contributed by atoms with Crippen molar-refractivity contribution in [2.45, 2.75) is 24.7 Å². The molecule has 0 radical (unpaired) electrons. The third-order valence-corrected chi connectivity index (χ3v) is 5.38. The second-order valence-corrected chi connectivity index (χ2v) is 6.72. The molecule has 1 amide bonds. The zero-order valence-electron chi connectivity index (χ0n) is 12.8. The van der Waals surface area contributed by atoms with Gasteiger partial charge in [0.25, 0.3) is 0 Å². The number of carbonyl (C=O) groups excluding carboxylic acids is 1. The Morgan fingerprint density at radius 1 is 1.36 bits per heavy atom. The molecule has 2 heterocycles. The molecule has 0 bridgehead atoms. The molecule has 2 aliphatic heterocycles. The Bertz CT molecular complexity index is 543. The Balaban J connectivity index is 1.93. The molecule has 120 valence electrons. The van der Waals surface area contributed by atoms with Crippen LogP contribution in [0.2, 0.25) is 5.02 Å². The maximum Gasteiger partial charge on any atom is 0.233 e. The third kappa shape index (κ3) is 2.75. The summed E-state index contributed by atoms with van der Waals surface area (Å²) >= 11 is 6.42. The summed E-state index contributed by atoms with van der Waals surface area (Å²) in [5, 5.41) is 0.673. The van der Waals surface area contributed by atoms with Gasteiger partial charge in [0, 0.05) is 31.3 Å². The van der Waals surface area contributed by atoms with Crippen LogP contribution >= 0.6 is 11.6 Å². The molecule has 0 saturated carbocycles. The van der Waals surface area contributed by atoms with Gasteiger partial charge in [-0.1, -0.05) is 29.8 Å². The number of ether oxygens (including phenoxy) is 1. The number of rotatable bonds is 3. The Hall–Kier alpha value is -1.10. The highest BCUT2D eigenvalue weighted by atomic mass is 35.5. The van der Waals surface area contributed by atoms with Crippen molar-refractivity contribution in [2.24, 2.45) is 11.7 Å². The van der Waals surface area contributed by atoms with Crippen LogP contribution in [0.25, 0.3) is 0 Å². The summed E-state index contributed by atoms with van der Waals surface area (Å²) < 4.78 is 5.51. The van der Waals surface area contributed by atoms with Crippen molar-refractivity contribution < 1.29 is 9.53 Å². The van der Waals surface area contributed by atoms with E-state index in [1.807, 2.05) is 29.2 Å². The molecule has 22 heavy (non-hydrogen) atoms. The summed E-state index contributed by atoms with van der Waals surface area (Å²) in [7, 11) is 0. The number of amides is 1. The molecular formula is C17H23ClN2O2. The third-order valence-electron chi connectivity index (χ3n) is 5.05. The van der Waals surface area contributed by atoms with Crippen LogP contribution in [-0.2, 0) is 14.9 Å². The first-order chi connectivity index (χ1) is 10.7. The minimum atomic E-state index is -0.542. The van der Waals surface area contributed by atoms with Crippen LogP contribution in [0.1, 0.15) is 24.8 Å². The number of carbonyl (C=O) groups is 1. The predicted molar refractivity (Wildman–Crippen MR) is 86.9 cm³/mol. The monoisotopic (exact) mass is 322 g/mol. The van der Waals surface area contributed by atoms with Crippen LogP contribution in [0.3, 0.4) is 0 Å². The van der Waals surface area contributed by atoms with Crippen LogP contribution < -0.4 is 5.73 Å². The van der Waals surface area contributed by atoms with E-state index in [1.54, 1.807) is 0 Å². The normalized spacial score (nSPS) is 24.5. The molecule has 0 aromatic heterocycles. The van der Waals surface area contributed by atoms with E-state index in [4.69, 9.17) is 22.1 Å². The second kappa shape index (κ2) is 6.57. The van der Waals surface area contributed by atoms with Crippen molar-refractivity contribution in [1.29, 1.82) is 0 Å². The van der Waals surface area contributed by atoms with Gasteiger partial charge in [-0.25, -0.2) is 0 Å². The van der Waals surface area contributed by atoms with Crippen LogP contribution in [-0.4, -0.2) is 43.7 Å². The fourth-order valence-corrected chi connectivity index (χ4v) is 4.00. The van der Waals surface area contributed by atoms with E-state index in [9.17, 15) is 4.79 Å². The molecule has 0 spiro atoms. The van der Waals surface area contributed by atoms with Gasteiger partial charge in [0.15, 0.2) is 0 Å². The molecular weight excluding hydrogens is 300 g/mol. The highest BCUT2D eigenvalue weighted by molar-refractivity contribution is 6.31. The lowest BCUT2D eigenvalue weighted by molar-refractivity contribution is -0.140. The van der Waals surface area contributed by atoms with Crippen LogP contribution in [0.4, 0.5) is 0 Å². The first kappa shape index (κ1) is 15.8. The predicted octanol–water partition coefficient (Wildman–Crippen LogP) is 2.20. The molecule has 5 heteroatoms. The van der Waals surface area contributed by atoms with Gasteiger partial charge in [0.1, 0.15) is 0 Å². The lowest BCUT2D eigenvalue weighted by Gasteiger charge is -2.39. The Morgan fingerprint density at radius 2 is 2.09 bits per heavy atom. The van der Waals surface area contributed by atoms with E-state index >= 15 is 0 Å². The minimum Gasteiger partial charge on any atom is -0.381 e. The van der Waals surface area contributed by atoms with E-state index in [1.165, 1.54) is 0 Å². The molecule has 0 aliphatic carbocycles. The summed E-state index contributed by atoms with van der Waals surface area (Å²) in [6.07, 6.45) is 2.38.